The van der Waals surface area contributed by atoms with E-state index in [1.807, 2.05) is 0 Å². The maximum absolute atomic E-state index is 13.0. The molecule has 0 unspecified atom stereocenters. The molecule has 0 bridgehead atoms. The highest BCUT2D eigenvalue weighted by Crippen LogP contribution is 2.26. The summed E-state index contributed by atoms with van der Waals surface area (Å²) in [6, 6.07) is -2.04. The Hall–Kier alpha value is -3.31. The van der Waals surface area contributed by atoms with Crippen molar-refractivity contribution in [1.29, 1.82) is 0 Å². The van der Waals surface area contributed by atoms with E-state index in [4.69, 9.17) is 22.9 Å². The molecule has 0 aliphatic heterocycles. The van der Waals surface area contributed by atoms with E-state index in [0.29, 0.717) is 25.2 Å². The molecule has 0 spiro atoms. The van der Waals surface area contributed by atoms with Crippen molar-refractivity contribution in [3.05, 3.63) is 16.6 Å². The number of guanidine groups is 2. The molecule has 1 saturated carbocycles. The van der Waals surface area contributed by atoms with Crippen LogP contribution in [0.15, 0.2) is 21.6 Å². The molecule has 11 N–H and O–H groups in total. The number of nitrogens with one attached hydrogen (secondary N) is 3. The van der Waals surface area contributed by atoms with Gasteiger partial charge in [0.1, 0.15) is 6.04 Å². The second-order valence-electron chi connectivity index (χ2n) is 10.2. The van der Waals surface area contributed by atoms with Gasteiger partial charge in [-0.05, 0) is 38.0 Å². The molecule has 2 amide bonds. The van der Waals surface area contributed by atoms with E-state index in [1.54, 1.807) is 5.38 Å². The van der Waals surface area contributed by atoms with Gasteiger partial charge in [0.15, 0.2) is 16.9 Å². The van der Waals surface area contributed by atoms with Crippen LogP contribution in [0.5, 0.6) is 0 Å². The number of amides is 2. The Morgan fingerprint density at radius 3 is 2.17 bits per heavy atom. The minimum Gasteiger partial charge on any atom is -0.370 e. The summed E-state index contributed by atoms with van der Waals surface area (Å²) >= 11 is 1.14. The van der Waals surface area contributed by atoms with Crippen LogP contribution in [0.2, 0.25) is 0 Å². The van der Waals surface area contributed by atoms with E-state index in [1.165, 1.54) is 12.6 Å². The monoisotopic (exact) mass is 628 g/mol. The van der Waals surface area contributed by atoms with Crippen LogP contribution in [0, 0.1) is 5.92 Å². The third kappa shape index (κ3) is 14.0. The summed E-state index contributed by atoms with van der Waals surface area (Å²) < 4.78 is 28.2. The van der Waals surface area contributed by atoms with Gasteiger partial charge in [-0.1, -0.05) is 32.1 Å². The number of carbonyl (C=O) groups is 3. The number of ketones is 1. The largest absolute Gasteiger partial charge is 0.370 e. The Labute approximate surface area is 250 Å². The van der Waals surface area contributed by atoms with Gasteiger partial charge in [-0.2, -0.15) is 0 Å². The van der Waals surface area contributed by atoms with E-state index < -0.39 is 40.5 Å². The molecule has 42 heavy (non-hydrogen) atoms. The molecule has 1 aromatic heterocycles. The van der Waals surface area contributed by atoms with Crippen LogP contribution in [-0.2, 0) is 19.6 Å². The van der Waals surface area contributed by atoms with Gasteiger partial charge in [0.05, 0.1) is 18.3 Å². The summed E-state index contributed by atoms with van der Waals surface area (Å²) in [5, 5.41) is 6.98. The highest BCUT2D eigenvalue weighted by Gasteiger charge is 2.27. The van der Waals surface area contributed by atoms with Crippen LogP contribution < -0.4 is 38.3 Å². The molecular formula is C25H44N10O5S2. The number of thiazole rings is 1. The van der Waals surface area contributed by atoms with Crippen molar-refractivity contribution in [2.45, 2.75) is 76.3 Å². The maximum atomic E-state index is 13.0. The van der Waals surface area contributed by atoms with Gasteiger partial charge in [-0.15, -0.1) is 11.3 Å². The molecule has 236 valence electrons. The third-order valence-corrected chi connectivity index (χ3v) is 8.97. The van der Waals surface area contributed by atoms with Crippen molar-refractivity contribution in [2.75, 3.05) is 25.4 Å². The second kappa shape index (κ2) is 18.3. The number of nitrogens with two attached hydrogens (primary N) is 4. The summed E-state index contributed by atoms with van der Waals surface area (Å²) in [7, 11) is -3.77. The first-order valence-electron chi connectivity index (χ1n) is 14.1. The Bertz CT molecular complexity index is 1160. The zero-order valence-corrected chi connectivity index (χ0v) is 25.4. The van der Waals surface area contributed by atoms with Crippen LogP contribution in [0.25, 0.3) is 0 Å². The number of aromatic nitrogens is 1. The standard InChI is InChI=1S/C25H44N10O5S2/c26-24(27)31-11-4-8-18(21(37)23-30-13-14-41-23)34-20(36)16-33-22(38)19(9-5-12-32-25(28)29)35-42(39,40)15-10-17-6-2-1-3-7-17/h13-14,17-19,35H,1-12,15-16H2,(H,33,38)(H,34,36)(H4,26,27,31)(H4,28,29,32)/t18-,19+/m0/s1. The molecule has 0 radical (unpaired) electrons. The number of Topliss-reactive ketones (excluding diaryl/α,β-unsaturated/α-hetero) is 1. The minimum atomic E-state index is -3.77. The molecule has 0 aromatic carbocycles. The van der Waals surface area contributed by atoms with Crippen molar-refractivity contribution < 1.29 is 22.8 Å². The molecule has 15 nitrogen and oxygen atoms in total. The van der Waals surface area contributed by atoms with Crippen molar-refractivity contribution in [1.82, 2.24) is 20.3 Å². The van der Waals surface area contributed by atoms with Crippen LogP contribution >= 0.6 is 11.3 Å². The summed E-state index contributed by atoms with van der Waals surface area (Å²) in [6.07, 6.45) is 8.49. The quantitative estimate of drug-likeness (QED) is 0.0438. The maximum Gasteiger partial charge on any atom is 0.239 e. The average molecular weight is 629 g/mol. The molecule has 1 heterocycles. The topological polar surface area (TPSA) is 263 Å². The first-order valence-corrected chi connectivity index (χ1v) is 16.6. The molecule has 1 aromatic rings. The van der Waals surface area contributed by atoms with Gasteiger partial charge in [0.25, 0.3) is 0 Å². The van der Waals surface area contributed by atoms with Crippen molar-refractivity contribution >= 4 is 50.9 Å². The highest BCUT2D eigenvalue weighted by atomic mass is 32.2. The molecule has 2 atom stereocenters. The second-order valence-corrected chi connectivity index (χ2v) is 13.0. The highest BCUT2D eigenvalue weighted by molar-refractivity contribution is 7.89. The van der Waals surface area contributed by atoms with E-state index >= 15 is 0 Å². The smallest absolute Gasteiger partial charge is 0.239 e. The zero-order valence-electron chi connectivity index (χ0n) is 23.8. The number of carbonyl (C=O) groups excluding carboxylic acids is 3. The van der Waals surface area contributed by atoms with Gasteiger partial charge in [0.2, 0.25) is 27.6 Å². The lowest BCUT2D eigenvalue weighted by atomic mass is 9.88. The molecular weight excluding hydrogens is 584 g/mol. The molecule has 1 aliphatic rings. The van der Waals surface area contributed by atoms with E-state index in [0.717, 1.165) is 37.0 Å². The van der Waals surface area contributed by atoms with Gasteiger partial charge in [-0.3, -0.25) is 24.4 Å². The lowest BCUT2D eigenvalue weighted by Gasteiger charge is -2.23. The fourth-order valence-electron chi connectivity index (χ4n) is 4.62. The first-order chi connectivity index (χ1) is 20.0. The minimum absolute atomic E-state index is 0.0815. The Morgan fingerprint density at radius 1 is 0.976 bits per heavy atom. The van der Waals surface area contributed by atoms with E-state index in [9.17, 15) is 22.8 Å². The van der Waals surface area contributed by atoms with E-state index in [2.05, 4.69) is 30.3 Å². The zero-order chi connectivity index (χ0) is 31.0. The average Bonchev–Trinajstić information content (AvgIpc) is 3.49. The number of hydrogen-bond acceptors (Lipinski definition) is 9. The number of nitrogens with zero attached hydrogens (tertiary/aromatic N) is 3. The predicted molar refractivity (Wildman–Crippen MR) is 163 cm³/mol. The molecule has 1 aliphatic carbocycles. The molecule has 1 fully saturated rings. The Morgan fingerprint density at radius 2 is 1.60 bits per heavy atom. The molecule has 17 heteroatoms. The fraction of sp³-hybridized carbons (Fsp3) is 0.680. The number of hydrogen-bond donors (Lipinski definition) is 7. The summed E-state index contributed by atoms with van der Waals surface area (Å²) in [5.41, 5.74) is 21.4. The van der Waals surface area contributed by atoms with Gasteiger partial charge in [0, 0.05) is 24.7 Å². The van der Waals surface area contributed by atoms with Crippen LogP contribution in [0.1, 0.15) is 74.0 Å². The predicted octanol–water partition coefficient (Wildman–Crippen LogP) is -0.708. The van der Waals surface area contributed by atoms with Crippen molar-refractivity contribution in [2.24, 2.45) is 38.8 Å². The van der Waals surface area contributed by atoms with Gasteiger partial charge < -0.3 is 33.6 Å². The van der Waals surface area contributed by atoms with Gasteiger partial charge in [-0.25, -0.2) is 18.1 Å². The Kier molecular flexibility index (Phi) is 15.2. The van der Waals surface area contributed by atoms with Gasteiger partial charge >= 0.3 is 0 Å². The SMILES string of the molecule is NC(N)=NCCC[C@H](NC(=O)CNC(=O)[C@@H](CCCN=C(N)N)NS(=O)(=O)CCC1CCCCC1)C(=O)c1nccs1. The first kappa shape index (κ1) is 34.9. The number of aliphatic imine (C=N–C) groups is 2. The number of rotatable bonds is 19. The van der Waals surface area contributed by atoms with Crippen molar-refractivity contribution in [3.63, 3.8) is 0 Å². The van der Waals surface area contributed by atoms with Crippen molar-refractivity contribution in [3.8, 4) is 0 Å². The third-order valence-electron chi connectivity index (χ3n) is 6.77. The summed E-state index contributed by atoms with van der Waals surface area (Å²) in [6.45, 7) is -0.00159. The van der Waals surface area contributed by atoms with E-state index in [-0.39, 0.29) is 54.4 Å². The Balaban J connectivity index is 1.98. The molecule has 2 rings (SSSR count). The lowest BCUT2D eigenvalue weighted by molar-refractivity contribution is -0.127. The fourth-order valence-corrected chi connectivity index (χ4v) is 6.67. The lowest BCUT2D eigenvalue weighted by Crippen LogP contribution is -2.51. The number of sulfonamides is 1. The normalized spacial score (nSPS) is 15.2. The van der Waals surface area contributed by atoms with Crippen LogP contribution in [-0.4, -0.2) is 80.4 Å². The van der Waals surface area contributed by atoms with Crippen LogP contribution in [0.4, 0.5) is 0 Å². The molecule has 0 saturated heterocycles. The summed E-state index contributed by atoms with van der Waals surface area (Å²) in [4.78, 5) is 50.4. The van der Waals surface area contributed by atoms with Crippen LogP contribution in [0.3, 0.4) is 0 Å². The summed E-state index contributed by atoms with van der Waals surface area (Å²) in [5.74, 6) is -1.60.